The molecule has 2 N–H and O–H groups in total. The molecule has 1 atom stereocenters. The molecule has 4 nitrogen and oxygen atoms in total. The predicted octanol–water partition coefficient (Wildman–Crippen LogP) is 2.51. The van der Waals surface area contributed by atoms with E-state index in [1.54, 1.807) is 12.1 Å². The molecule has 1 aromatic carbocycles. The number of rotatable bonds is 8. The minimum atomic E-state index is -3.41. The molecule has 5 heteroatoms. The van der Waals surface area contributed by atoms with Gasteiger partial charge in [0.15, 0.2) is 0 Å². The van der Waals surface area contributed by atoms with E-state index < -0.39 is 10.0 Å². The third-order valence-corrected chi connectivity index (χ3v) is 4.60. The number of benzene rings is 1. The van der Waals surface area contributed by atoms with Crippen LogP contribution in [0.5, 0.6) is 0 Å². The quantitative estimate of drug-likeness (QED) is 0.775. The van der Waals surface area contributed by atoms with Crippen LogP contribution in [0.25, 0.3) is 0 Å². The highest BCUT2D eigenvalue weighted by Gasteiger charge is 2.17. The summed E-state index contributed by atoms with van der Waals surface area (Å²) in [7, 11) is -3.41. The molecule has 0 saturated carbocycles. The molecule has 0 bridgehead atoms. The van der Waals surface area contributed by atoms with Gasteiger partial charge in [0.25, 0.3) is 0 Å². The van der Waals surface area contributed by atoms with E-state index in [1.807, 2.05) is 26.0 Å². The standard InChI is InChI=1S/C15H26N2O2S/c1-5-16-11-14-6-8-15(9-7-14)20(18,19)17-13(4)10-12(2)3/h6-9,12-13,16-17H,5,10-11H2,1-4H3. The summed E-state index contributed by atoms with van der Waals surface area (Å²) in [4.78, 5) is 0.327. The lowest BCUT2D eigenvalue weighted by atomic mass is 10.1. The molecule has 0 aliphatic rings. The van der Waals surface area contributed by atoms with Crippen molar-refractivity contribution in [3.8, 4) is 0 Å². The molecule has 20 heavy (non-hydrogen) atoms. The molecule has 1 unspecified atom stereocenters. The monoisotopic (exact) mass is 298 g/mol. The Bertz CT molecular complexity index is 495. The van der Waals surface area contributed by atoms with Crippen molar-refractivity contribution in [3.63, 3.8) is 0 Å². The van der Waals surface area contributed by atoms with Crippen molar-refractivity contribution < 1.29 is 8.42 Å². The van der Waals surface area contributed by atoms with Gasteiger partial charge in [-0.25, -0.2) is 13.1 Å². The Morgan fingerprint density at radius 1 is 1.10 bits per heavy atom. The normalized spacial score (nSPS) is 13.7. The van der Waals surface area contributed by atoms with E-state index >= 15 is 0 Å². The Balaban J connectivity index is 2.72. The van der Waals surface area contributed by atoms with Crippen molar-refractivity contribution in [3.05, 3.63) is 29.8 Å². The minimum absolute atomic E-state index is 0.0542. The van der Waals surface area contributed by atoms with Gasteiger partial charge in [-0.2, -0.15) is 0 Å². The van der Waals surface area contributed by atoms with Crippen molar-refractivity contribution in [1.82, 2.24) is 10.0 Å². The maximum Gasteiger partial charge on any atom is 0.240 e. The fraction of sp³-hybridized carbons (Fsp3) is 0.600. The molecule has 0 aliphatic carbocycles. The van der Waals surface area contributed by atoms with Crippen LogP contribution in [0.1, 0.15) is 39.7 Å². The zero-order chi connectivity index (χ0) is 15.2. The van der Waals surface area contributed by atoms with Crippen LogP contribution in [0.4, 0.5) is 0 Å². The van der Waals surface area contributed by atoms with Gasteiger partial charge in [-0.05, 0) is 43.5 Å². The Morgan fingerprint density at radius 3 is 2.20 bits per heavy atom. The third-order valence-electron chi connectivity index (χ3n) is 2.99. The van der Waals surface area contributed by atoms with Crippen LogP contribution in [-0.2, 0) is 16.6 Å². The van der Waals surface area contributed by atoms with E-state index in [4.69, 9.17) is 0 Å². The third kappa shape index (κ3) is 5.61. The van der Waals surface area contributed by atoms with Gasteiger partial charge in [-0.1, -0.05) is 32.9 Å². The smallest absolute Gasteiger partial charge is 0.240 e. The predicted molar refractivity (Wildman–Crippen MR) is 83.1 cm³/mol. The van der Waals surface area contributed by atoms with Crippen LogP contribution in [0, 0.1) is 5.92 Å². The Hall–Kier alpha value is -0.910. The van der Waals surface area contributed by atoms with E-state index in [-0.39, 0.29) is 6.04 Å². The molecule has 0 radical (unpaired) electrons. The molecule has 1 rings (SSSR count). The molecule has 0 heterocycles. The van der Waals surface area contributed by atoms with Gasteiger partial charge in [-0.3, -0.25) is 0 Å². The SMILES string of the molecule is CCNCc1ccc(S(=O)(=O)NC(C)CC(C)C)cc1. The highest BCUT2D eigenvalue weighted by Crippen LogP contribution is 2.13. The minimum Gasteiger partial charge on any atom is -0.313 e. The topological polar surface area (TPSA) is 58.2 Å². The highest BCUT2D eigenvalue weighted by atomic mass is 32.2. The maximum absolute atomic E-state index is 12.2. The van der Waals surface area contributed by atoms with Crippen molar-refractivity contribution in [2.45, 2.75) is 51.6 Å². The van der Waals surface area contributed by atoms with Gasteiger partial charge in [0.05, 0.1) is 4.90 Å². The second-order valence-electron chi connectivity index (χ2n) is 5.58. The molecule has 0 fully saturated rings. The largest absolute Gasteiger partial charge is 0.313 e. The maximum atomic E-state index is 12.2. The molecular formula is C15H26N2O2S. The van der Waals surface area contributed by atoms with Gasteiger partial charge in [0.2, 0.25) is 10.0 Å². The van der Waals surface area contributed by atoms with E-state index in [1.165, 1.54) is 0 Å². The van der Waals surface area contributed by atoms with E-state index in [0.29, 0.717) is 10.8 Å². The first-order valence-corrected chi connectivity index (χ1v) is 8.65. The fourth-order valence-electron chi connectivity index (χ4n) is 2.14. The van der Waals surface area contributed by atoms with Crippen molar-refractivity contribution >= 4 is 10.0 Å². The first kappa shape index (κ1) is 17.1. The first-order chi connectivity index (χ1) is 9.35. The van der Waals surface area contributed by atoms with Gasteiger partial charge in [-0.15, -0.1) is 0 Å². The van der Waals surface area contributed by atoms with Crippen LogP contribution < -0.4 is 10.0 Å². The molecule has 0 aliphatic heterocycles. The summed E-state index contributed by atoms with van der Waals surface area (Å²) in [6.45, 7) is 9.76. The fourth-order valence-corrected chi connectivity index (χ4v) is 3.40. The number of sulfonamides is 1. The van der Waals surface area contributed by atoms with Crippen LogP contribution in [0.2, 0.25) is 0 Å². The van der Waals surface area contributed by atoms with E-state index in [9.17, 15) is 8.42 Å². The lowest BCUT2D eigenvalue weighted by molar-refractivity contribution is 0.482. The van der Waals surface area contributed by atoms with Crippen molar-refractivity contribution in [2.24, 2.45) is 5.92 Å². The summed E-state index contributed by atoms with van der Waals surface area (Å²) in [5.74, 6) is 0.468. The average molecular weight is 298 g/mol. The van der Waals surface area contributed by atoms with Gasteiger partial charge >= 0.3 is 0 Å². The summed E-state index contributed by atoms with van der Waals surface area (Å²) in [6.07, 6.45) is 0.831. The van der Waals surface area contributed by atoms with Crippen molar-refractivity contribution in [1.29, 1.82) is 0 Å². The Labute approximate surface area is 123 Å². The van der Waals surface area contributed by atoms with E-state index in [2.05, 4.69) is 23.9 Å². The summed E-state index contributed by atoms with van der Waals surface area (Å²) in [5.41, 5.74) is 1.08. The molecule has 0 aromatic heterocycles. The lowest BCUT2D eigenvalue weighted by Crippen LogP contribution is -2.33. The Morgan fingerprint density at radius 2 is 1.70 bits per heavy atom. The molecule has 0 saturated heterocycles. The number of nitrogens with one attached hydrogen (secondary N) is 2. The molecule has 0 amide bonds. The summed E-state index contributed by atoms with van der Waals surface area (Å²) in [5, 5.41) is 3.21. The summed E-state index contributed by atoms with van der Waals surface area (Å²) in [6, 6.07) is 6.98. The molecule has 114 valence electrons. The second-order valence-corrected chi connectivity index (χ2v) is 7.29. The Kier molecular flexibility index (Phi) is 6.65. The van der Waals surface area contributed by atoms with Crippen LogP contribution >= 0.6 is 0 Å². The average Bonchev–Trinajstić information content (AvgIpc) is 2.35. The van der Waals surface area contributed by atoms with Crippen LogP contribution in [0.15, 0.2) is 29.2 Å². The lowest BCUT2D eigenvalue weighted by Gasteiger charge is -2.16. The zero-order valence-corrected chi connectivity index (χ0v) is 13.6. The first-order valence-electron chi connectivity index (χ1n) is 7.17. The van der Waals surface area contributed by atoms with Gasteiger partial charge in [0, 0.05) is 12.6 Å². The molecular weight excluding hydrogens is 272 g/mol. The summed E-state index contributed by atoms with van der Waals surface area (Å²) >= 11 is 0. The number of hydrogen-bond donors (Lipinski definition) is 2. The van der Waals surface area contributed by atoms with Crippen molar-refractivity contribution in [2.75, 3.05) is 6.54 Å². The van der Waals surface area contributed by atoms with Gasteiger partial charge < -0.3 is 5.32 Å². The number of hydrogen-bond acceptors (Lipinski definition) is 3. The molecule has 0 spiro atoms. The van der Waals surface area contributed by atoms with Crippen LogP contribution in [0.3, 0.4) is 0 Å². The summed E-state index contributed by atoms with van der Waals surface area (Å²) < 4.78 is 27.2. The molecule has 1 aromatic rings. The zero-order valence-electron chi connectivity index (χ0n) is 12.8. The van der Waals surface area contributed by atoms with Gasteiger partial charge in [0.1, 0.15) is 0 Å². The highest BCUT2D eigenvalue weighted by molar-refractivity contribution is 7.89. The second kappa shape index (κ2) is 7.76. The van der Waals surface area contributed by atoms with E-state index in [0.717, 1.165) is 25.1 Å². The van der Waals surface area contributed by atoms with Crippen LogP contribution in [-0.4, -0.2) is 21.0 Å².